The molecule has 1 saturated heterocycles. The molecular formula is C36H58O6. The highest BCUT2D eigenvalue weighted by molar-refractivity contribution is 5.76. The highest BCUT2D eigenvalue weighted by atomic mass is 16.5. The van der Waals surface area contributed by atoms with Crippen molar-refractivity contribution in [2.75, 3.05) is 6.61 Å². The molecule has 0 aromatic carbocycles. The first-order chi connectivity index (χ1) is 19.4. The lowest BCUT2D eigenvalue weighted by Gasteiger charge is -2.71. The molecule has 4 N–H and O–H groups in total. The van der Waals surface area contributed by atoms with Gasteiger partial charge >= 0.3 is 5.97 Å². The summed E-state index contributed by atoms with van der Waals surface area (Å²) in [6.45, 7) is 17.3. The van der Waals surface area contributed by atoms with Crippen molar-refractivity contribution in [2.24, 2.45) is 56.2 Å². The summed E-state index contributed by atoms with van der Waals surface area (Å²) in [5.74, 6) is 1.06. The van der Waals surface area contributed by atoms with Crippen LogP contribution in [-0.4, -0.2) is 57.4 Å². The monoisotopic (exact) mass is 586 g/mol. The van der Waals surface area contributed by atoms with Crippen molar-refractivity contribution in [2.45, 2.75) is 144 Å². The fourth-order valence-corrected chi connectivity index (χ4v) is 12.5. The van der Waals surface area contributed by atoms with Crippen LogP contribution >= 0.6 is 0 Å². The Bertz CT molecular complexity index is 1130. The van der Waals surface area contributed by atoms with E-state index in [1.165, 1.54) is 18.4 Å². The highest BCUT2D eigenvalue weighted by Crippen LogP contribution is 2.76. The number of ether oxygens (including phenoxy) is 1. The van der Waals surface area contributed by atoms with Crippen LogP contribution in [0.25, 0.3) is 0 Å². The Balaban J connectivity index is 1.30. The first-order valence-corrected chi connectivity index (χ1v) is 17.0. The molecule has 0 spiro atoms. The Labute approximate surface area is 253 Å². The second kappa shape index (κ2) is 9.77. The summed E-state index contributed by atoms with van der Waals surface area (Å²) in [4.78, 5) is 12.9. The van der Waals surface area contributed by atoms with Crippen molar-refractivity contribution >= 4 is 5.97 Å². The number of fused-ring (bicyclic) bond motifs is 7. The van der Waals surface area contributed by atoms with Gasteiger partial charge in [-0.3, -0.25) is 4.79 Å². The molecule has 5 fully saturated rings. The number of carbonyl (C=O) groups is 1. The Morgan fingerprint density at radius 3 is 2.26 bits per heavy atom. The van der Waals surface area contributed by atoms with E-state index in [-0.39, 0.29) is 39.6 Å². The highest BCUT2D eigenvalue weighted by Gasteiger charge is 2.69. The first kappa shape index (κ1) is 31.0. The number of hydrogen-bond donors (Lipinski definition) is 4. The van der Waals surface area contributed by atoms with Crippen molar-refractivity contribution in [1.29, 1.82) is 0 Å². The molecule has 238 valence electrons. The fourth-order valence-electron chi connectivity index (χ4n) is 12.5. The minimum atomic E-state index is -1.15. The van der Waals surface area contributed by atoms with Crippen molar-refractivity contribution in [1.82, 2.24) is 0 Å². The van der Waals surface area contributed by atoms with E-state index >= 15 is 0 Å². The molecular weight excluding hydrogens is 528 g/mol. The van der Waals surface area contributed by atoms with Gasteiger partial charge in [0.05, 0.1) is 18.1 Å². The molecule has 5 unspecified atom stereocenters. The Kier molecular flexibility index (Phi) is 7.23. The smallest absolute Gasteiger partial charge is 0.310 e. The predicted molar refractivity (Wildman–Crippen MR) is 163 cm³/mol. The lowest BCUT2D eigenvalue weighted by Crippen LogP contribution is -2.64. The molecule has 0 radical (unpaired) electrons. The number of hydrogen-bond acceptors (Lipinski definition) is 5. The summed E-state index contributed by atoms with van der Waals surface area (Å²) >= 11 is 0. The summed E-state index contributed by atoms with van der Waals surface area (Å²) in [7, 11) is 0. The zero-order valence-corrected chi connectivity index (χ0v) is 27.3. The minimum absolute atomic E-state index is 0.0267. The number of aliphatic hydroxyl groups excluding tert-OH is 3. The van der Waals surface area contributed by atoms with Gasteiger partial charge in [0.2, 0.25) is 0 Å². The van der Waals surface area contributed by atoms with E-state index in [4.69, 9.17) is 4.74 Å². The van der Waals surface area contributed by atoms with Gasteiger partial charge < -0.3 is 25.2 Å². The third-order valence-corrected chi connectivity index (χ3v) is 15.4. The molecule has 0 bridgehead atoms. The number of allylic oxidation sites excluding steroid dienone is 2. The number of aliphatic carboxylic acids is 1. The van der Waals surface area contributed by atoms with Gasteiger partial charge in [-0.2, -0.15) is 0 Å². The maximum atomic E-state index is 12.9. The van der Waals surface area contributed by atoms with Crippen molar-refractivity contribution in [3.05, 3.63) is 11.6 Å². The van der Waals surface area contributed by atoms with Gasteiger partial charge in [-0.05, 0) is 121 Å². The number of aliphatic hydroxyl groups is 3. The number of rotatable bonds is 3. The molecule has 1 aliphatic heterocycles. The van der Waals surface area contributed by atoms with E-state index in [0.717, 1.165) is 51.4 Å². The third kappa shape index (κ3) is 4.13. The van der Waals surface area contributed by atoms with Crippen LogP contribution in [0.3, 0.4) is 0 Å². The second-order valence-corrected chi connectivity index (χ2v) is 17.9. The average molecular weight is 587 g/mol. The molecule has 0 aromatic heterocycles. The lowest BCUT2D eigenvalue weighted by atomic mass is 9.33. The Morgan fingerprint density at radius 1 is 0.881 bits per heavy atom. The third-order valence-electron chi connectivity index (χ3n) is 15.4. The molecule has 5 aliphatic carbocycles. The molecule has 1 heterocycles. The van der Waals surface area contributed by atoms with Crippen LogP contribution in [0.15, 0.2) is 11.6 Å². The van der Waals surface area contributed by atoms with E-state index in [9.17, 15) is 25.2 Å². The van der Waals surface area contributed by atoms with E-state index in [1.54, 1.807) is 0 Å². The molecule has 12 atom stereocenters. The number of carboxylic acid groups (broad SMARTS) is 1. The van der Waals surface area contributed by atoms with Crippen molar-refractivity contribution in [3.8, 4) is 0 Å². The van der Waals surface area contributed by atoms with Crippen LogP contribution < -0.4 is 0 Å². The Morgan fingerprint density at radius 2 is 1.57 bits per heavy atom. The summed E-state index contributed by atoms with van der Waals surface area (Å²) in [6, 6.07) is 0. The van der Waals surface area contributed by atoms with Gasteiger partial charge in [-0.25, -0.2) is 0 Å². The molecule has 42 heavy (non-hydrogen) atoms. The van der Waals surface area contributed by atoms with Crippen LogP contribution in [0, 0.1) is 56.2 Å². The van der Waals surface area contributed by atoms with E-state index in [2.05, 4.69) is 54.5 Å². The molecule has 6 nitrogen and oxygen atoms in total. The summed E-state index contributed by atoms with van der Waals surface area (Å²) in [5, 5.41) is 41.6. The van der Waals surface area contributed by atoms with Crippen molar-refractivity contribution in [3.63, 3.8) is 0 Å². The molecule has 0 amide bonds. The Hall–Kier alpha value is -0.950. The van der Waals surface area contributed by atoms with E-state index in [1.807, 2.05) is 0 Å². The van der Waals surface area contributed by atoms with E-state index in [0.29, 0.717) is 24.2 Å². The average Bonchev–Trinajstić information content (AvgIpc) is 2.90. The quantitative estimate of drug-likeness (QED) is 0.287. The van der Waals surface area contributed by atoms with Gasteiger partial charge in [0.1, 0.15) is 18.3 Å². The predicted octanol–water partition coefficient (Wildman–Crippen LogP) is 6.36. The standard InChI is InChI=1S/C36H58O6/c1-31(2)14-16-36(30(40)41)17-15-34(6)22(23(36)19-31)8-9-27-33(5)12-10-21(18-25-29(39)28(38)24(37)20-42-25)32(3,4)26(33)11-13-35(27,34)7/h8,21,23-29,37-39H,9-20H2,1-7H3,(H,40,41)/t21-,23?,24+,25-,26?,27?,28?,29?,33-,34+,35+,36-/m0/s1. The number of carboxylic acids is 1. The zero-order chi connectivity index (χ0) is 30.7. The van der Waals surface area contributed by atoms with Crippen LogP contribution in [0.4, 0.5) is 0 Å². The second-order valence-electron chi connectivity index (χ2n) is 17.9. The fraction of sp³-hybridized carbons (Fsp3) is 0.917. The summed E-state index contributed by atoms with van der Waals surface area (Å²) in [6.07, 6.45) is 9.78. The van der Waals surface area contributed by atoms with Gasteiger partial charge in [0, 0.05) is 0 Å². The molecule has 4 saturated carbocycles. The first-order valence-electron chi connectivity index (χ1n) is 17.0. The maximum Gasteiger partial charge on any atom is 0.310 e. The zero-order valence-electron chi connectivity index (χ0n) is 27.3. The normalized spacial score (nSPS) is 53.0. The molecule has 6 aliphatic rings. The summed E-state index contributed by atoms with van der Waals surface area (Å²) in [5.41, 5.74) is 1.48. The van der Waals surface area contributed by atoms with E-state index < -0.39 is 35.8 Å². The van der Waals surface area contributed by atoms with Gasteiger partial charge in [0.15, 0.2) is 0 Å². The minimum Gasteiger partial charge on any atom is -0.481 e. The SMILES string of the molecule is CC1(C)CC[C@]2(C(=O)O)CC[C@]3(C)C(=CCC4[C@@]5(C)CC[C@@H](C[C@@H]6OC[C@@H](O)C(O)C6O)C(C)(C)C5CC[C@]43C)C2C1. The molecule has 6 heteroatoms. The lowest BCUT2D eigenvalue weighted by molar-refractivity contribution is -0.213. The maximum absolute atomic E-state index is 12.9. The van der Waals surface area contributed by atoms with Gasteiger partial charge in [-0.15, -0.1) is 0 Å². The van der Waals surface area contributed by atoms with Crippen LogP contribution in [0.5, 0.6) is 0 Å². The summed E-state index contributed by atoms with van der Waals surface area (Å²) < 4.78 is 5.88. The van der Waals surface area contributed by atoms with Gasteiger partial charge in [0.25, 0.3) is 0 Å². The molecule has 6 rings (SSSR count). The molecule has 0 aromatic rings. The largest absolute Gasteiger partial charge is 0.481 e. The van der Waals surface area contributed by atoms with Crippen LogP contribution in [0.1, 0.15) is 119 Å². The van der Waals surface area contributed by atoms with Crippen LogP contribution in [0.2, 0.25) is 0 Å². The van der Waals surface area contributed by atoms with Gasteiger partial charge in [-0.1, -0.05) is 60.1 Å². The van der Waals surface area contributed by atoms with Crippen LogP contribution in [-0.2, 0) is 9.53 Å². The topological polar surface area (TPSA) is 107 Å². The van der Waals surface area contributed by atoms with Crippen molar-refractivity contribution < 1.29 is 30.0 Å².